The molecule has 10 heteroatoms. The van der Waals surface area contributed by atoms with Crippen molar-refractivity contribution in [3.63, 3.8) is 0 Å². The number of nitrogens with zero attached hydrogens (tertiary/aromatic N) is 4. The summed E-state index contributed by atoms with van der Waals surface area (Å²) in [5.41, 5.74) is 6.43. The number of hydrogen-bond acceptors (Lipinski definition) is 8. The number of aromatic nitrogens is 4. The second kappa shape index (κ2) is 5.08. The third-order valence-corrected chi connectivity index (χ3v) is 4.58. The van der Waals surface area contributed by atoms with Crippen LogP contribution in [-0.2, 0) is 14.2 Å². The summed E-state index contributed by atoms with van der Waals surface area (Å²) in [6.07, 6.45) is -0.495. The number of nitrogen functional groups attached to an aromatic ring is 1. The average Bonchev–Trinajstić information content (AvgIpc) is 3.08. The monoisotopic (exact) mass is 385 g/mol. The second-order valence-corrected chi connectivity index (χ2v) is 6.76. The first-order valence-electron chi connectivity index (χ1n) is 7.17. The highest BCUT2D eigenvalue weighted by Gasteiger charge is 2.56. The van der Waals surface area contributed by atoms with Crippen molar-refractivity contribution >= 4 is 32.8 Å². The van der Waals surface area contributed by atoms with Gasteiger partial charge < -0.3 is 25.1 Å². The fourth-order valence-corrected chi connectivity index (χ4v) is 3.68. The van der Waals surface area contributed by atoms with Crippen molar-refractivity contribution in [2.24, 2.45) is 0 Å². The van der Waals surface area contributed by atoms with Crippen molar-refractivity contribution < 1.29 is 19.3 Å². The van der Waals surface area contributed by atoms with Crippen LogP contribution < -0.4 is 5.73 Å². The van der Waals surface area contributed by atoms with E-state index in [-0.39, 0.29) is 12.7 Å². The summed E-state index contributed by atoms with van der Waals surface area (Å²) in [6, 6.07) is 0. The van der Waals surface area contributed by atoms with Gasteiger partial charge in [-0.2, -0.15) is 5.10 Å². The molecule has 2 fully saturated rings. The molecule has 2 aromatic rings. The Bertz CT molecular complexity index is 766. The fourth-order valence-electron chi connectivity index (χ4n) is 3.13. The standard InChI is InChI=1S/C13H16BrN5O4/c1-13(2)22-7-5(3-20)21-12(8(7)23-13)19-11-6(9(14)18-19)10(15)16-4-17-11/h4-5,7-8,12,20H,3H2,1-2H3,(H2,15,16,17)/t5-,7+,8+,12+/m0/s1. The molecule has 0 aliphatic carbocycles. The minimum Gasteiger partial charge on any atom is -0.394 e. The molecule has 0 radical (unpaired) electrons. The smallest absolute Gasteiger partial charge is 0.181 e. The molecule has 3 N–H and O–H groups in total. The van der Waals surface area contributed by atoms with Crippen LogP contribution in [0.1, 0.15) is 20.1 Å². The van der Waals surface area contributed by atoms with E-state index in [0.717, 1.165) is 0 Å². The predicted octanol–water partition coefficient (Wildman–Crippen LogP) is 0.581. The minimum atomic E-state index is -0.751. The maximum Gasteiger partial charge on any atom is 0.181 e. The molecular weight excluding hydrogens is 370 g/mol. The van der Waals surface area contributed by atoms with Crippen LogP contribution in [0.25, 0.3) is 11.0 Å². The lowest BCUT2D eigenvalue weighted by atomic mass is 10.1. The number of nitrogens with two attached hydrogens (primary N) is 1. The zero-order chi connectivity index (χ0) is 16.4. The first kappa shape index (κ1) is 15.2. The molecule has 124 valence electrons. The lowest BCUT2D eigenvalue weighted by molar-refractivity contribution is -0.201. The molecule has 2 aromatic heterocycles. The van der Waals surface area contributed by atoms with Crippen LogP contribution in [0.2, 0.25) is 0 Å². The van der Waals surface area contributed by atoms with Gasteiger partial charge >= 0.3 is 0 Å². The van der Waals surface area contributed by atoms with Gasteiger partial charge in [-0.3, -0.25) is 0 Å². The van der Waals surface area contributed by atoms with Gasteiger partial charge in [-0.15, -0.1) is 0 Å². The highest BCUT2D eigenvalue weighted by atomic mass is 79.9. The number of halogens is 1. The van der Waals surface area contributed by atoms with Crippen molar-refractivity contribution in [1.82, 2.24) is 19.7 Å². The first-order valence-corrected chi connectivity index (χ1v) is 7.97. The molecule has 2 aliphatic heterocycles. The predicted molar refractivity (Wildman–Crippen MR) is 82.3 cm³/mol. The van der Waals surface area contributed by atoms with E-state index < -0.39 is 24.2 Å². The normalized spacial score (nSPS) is 32.5. The van der Waals surface area contributed by atoms with E-state index in [0.29, 0.717) is 21.5 Å². The van der Waals surface area contributed by atoms with Crippen molar-refractivity contribution in [2.75, 3.05) is 12.3 Å². The minimum absolute atomic E-state index is 0.172. The van der Waals surface area contributed by atoms with Gasteiger partial charge in [-0.05, 0) is 29.8 Å². The summed E-state index contributed by atoms with van der Waals surface area (Å²) < 4.78 is 19.8. The van der Waals surface area contributed by atoms with E-state index >= 15 is 0 Å². The highest BCUT2D eigenvalue weighted by molar-refractivity contribution is 9.10. The number of aliphatic hydroxyl groups is 1. The summed E-state index contributed by atoms with van der Waals surface area (Å²) in [4.78, 5) is 8.22. The van der Waals surface area contributed by atoms with Gasteiger partial charge in [0.15, 0.2) is 17.7 Å². The Balaban J connectivity index is 1.81. The van der Waals surface area contributed by atoms with Gasteiger partial charge in [-0.1, -0.05) is 0 Å². The van der Waals surface area contributed by atoms with Crippen LogP contribution in [0.3, 0.4) is 0 Å². The molecule has 4 atom stereocenters. The number of anilines is 1. The van der Waals surface area contributed by atoms with Gasteiger partial charge in [0.05, 0.1) is 12.0 Å². The van der Waals surface area contributed by atoms with Crippen LogP contribution in [0.4, 0.5) is 5.82 Å². The zero-order valence-electron chi connectivity index (χ0n) is 12.5. The number of rotatable bonds is 2. The molecule has 2 aliphatic rings. The quantitative estimate of drug-likeness (QED) is 0.770. The van der Waals surface area contributed by atoms with Crippen LogP contribution in [0.15, 0.2) is 10.9 Å². The van der Waals surface area contributed by atoms with E-state index in [4.69, 9.17) is 19.9 Å². The van der Waals surface area contributed by atoms with Gasteiger partial charge in [-0.25, -0.2) is 14.6 Å². The topological polar surface area (TPSA) is 118 Å². The second-order valence-electron chi connectivity index (χ2n) is 6.01. The van der Waals surface area contributed by atoms with Gasteiger partial charge in [0.25, 0.3) is 0 Å². The van der Waals surface area contributed by atoms with Gasteiger partial charge in [0, 0.05) is 0 Å². The third-order valence-electron chi connectivity index (χ3n) is 4.02. The van der Waals surface area contributed by atoms with Crippen molar-refractivity contribution in [2.45, 2.75) is 44.2 Å². The van der Waals surface area contributed by atoms with E-state index in [1.165, 1.54) is 6.33 Å². The van der Waals surface area contributed by atoms with Crippen molar-refractivity contribution in [3.05, 3.63) is 10.9 Å². The lowest BCUT2D eigenvalue weighted by Crippen LogP contribution is -2.31. The molecule has 0 saturated carbocycles. The van der Waals surface area contributed by atoms with E-state index in [1.807, 2.05) is 13.8 Å². The molecule has 2 saturated heterocycles. The molecule has 4 heterocycles. The summed E-state index contributed by atoms with van der Waals surface area (Å²) in [5.74, 6) is -0.427. The molecule has 9 nitrogen and oxygen atoms in total. The average molecular weight is 386 g/mol. The molecule has 0 bridgehead atoms. The molecule has 0 aromatic carbocycles. The van der Waals surface area contributed by atoms with Crippen LogP contribution in [0, 0.1) is 0 Å². The molecule has 4 rings (SSSR count). The maximum atomic E-state index is 9.57. The zero-order valence-corrected chi connectivity index (χ0v) is 14.1. The summed E-state index contributed by atoms with van der Waals surface area (Å²) >= 11 is 3.37. The SMILES string of the molecule is CC1(C)O[C@@H]2[C@H](O1)[C@H](CO)O[C@H]2n1nc(Br)c2c(N)ncnc21. The Morgan fingerprint density at radius 3 is 2.83 bits per heavy atom. The Labute approximate surface area is 139 Å². The Morgan fingerprint density at radius 2 is 2.09 bits per heavy atom. The number of aliphatic hydroxyl groups excluding tert-OH is 1. The third kappa shape index (κ3) is 2.24. The van der Waals surface area contributed by atoms with Crippen LogP contribution in [-0.4, -0.2) is 55.6 Å². The fraction of sp³-hybridized carbons (Fsp3) is 0.615. The highest BCUT2D eigenvalue weighted by Crippen LogP contribution is 2.44. The summed E-state index contributed by atoms with van der Waals surface area (Å²) in [6.45, 7) is 3.48. The number of ether oxygens (including phenoxy) is 3. The van der Waals surface area contributed by atoms with E-state index in [2.05, 4.69) is 31.0 Å². The molecule has 0 unspecified atom stereocenters. The van der Waals surface area contributed by atoms with Crippen LogP contribution in [0.5, 0.6) is 0 Å². The lowest BCUT2D eigenvalue weighted by Gasteiger charge is -2.23. The van der Waals surface area contributed by atoms with E-state index in [9.17, 15) is 5.11 Å². The largest absolute Gasteiger partial charge is 0.394 e. The first-order chi connectivity index (χ1) is 10.9. The summed E-state index contributed by atoms with van der Waals surface area (Å²) in [5, 5.41) is 14.6. The number of hydrogen-bond donors (Lipinski definition) is 2. The van der Waals surface area contributed by atoms with Crippen molar-refractivity contribution in [1.29, 1.82) is 0 Å². The maximum absolute atomic E-state index is 9.57. The Morgan fingerprint density at radius 1 is 1.35 bits per heavy atom. The molecule has 23 heavy (non-hydrogen) atoms. The number of fused-ring (bicyclic) bond motifs is 2. The Kier molecular flexibility index (Phi) is 3.36. The van der Waals surface area contributed by atoms with Gasteiger partial charge in [0.2, 0.25) is 0 Å². The summed E-state index contributed by atoms with van der Waals surface area (Å²) in [7, 11) is 0. The van der Waals surface area contributed by atoms with Crippen LogP contribution >= 0.6 is 15.9 Å². The van der Waals surface area contributed by atoms with E-state index in [1.54, 1.807) is 4.68 Å². The molecular formula is C13H16BrN5O4. The molecule has 0 amide bonds. The van der Waals surface area contributed by atoms with Crippen molar-refractivity contribution in [3.8, 4) is 0 Å². The Hall–Kier alpha value is -1.33. The van der Waals surface area contributed by atoms with Gasteiger partial charge in [0.1, 0.15) is 35.1 Å². The molecule has 0 spiro atoms.